The van der Waals surface area contributed by atoms with E-state index < -0.39 is 193 Å². The maximum Gasteiger partial charge on any atom is 0.335 e. The predicted octanol–water partition coefficient (Wildman–Crippen LogP) is -1.32. The fourth-order valence-electron chi connectivity index (χ4n) is 16.1. The van der Waals surface area contributed by atoms with Crippen LogP contribution in [-0.2, 0) is 52.3 Å². The van der Waals surface area contributed by atoms with Crippen molar-refractivity contribution in [1.82, 2.24) is 0 Å². The number of ether oxygens (including phenoxy) is 8. The van der Waals surface area contributed by atoms with Crippen LogP contribution in [0.2, 0.25) is 0 Å². The highest BCUT2D eigenvalue weighted by Crippen LogP contribution is 2.76. The van der Waals surface area contributed by atoms with E-state index in [-0.39, 0.29) is 31.3 Å². The van der Waals surface area contributed by atoms with Crippen LogP contribution < -0.4 is 0 Å². The lowest BCUT2D eigenvalue weighted by molar-refractivity contribution is -0.392. The molecule has 0 spiro atoms. The number of hydrogen-bond donors (Lipinski definition) is 13. The zero-order valence-corrected chi connectivity index (χ0v) is 46.4. The first-order valence-electron chi connectivity index (χ1n) is 27.7. The van der Waals surface area contributed by atoms with Gasteiger partial charge in [-0.05, 0) is 98.2 Å². The largest absolute Gasteiger partial charge is 0.479 e. The van der Waals surface area contributed by atoms with E-state index in [0.717, 1.165) is 5.57 Å². The summed E-state index contributed by atoms with van der Waals surface area (Å²) < 4.78 is 47.9. The van der Waals surface area contributed by atoms with E-state index >= 15 is 0 Å². The first kappa shape index (κ1) is 62.2. The highest BCUT2D eigenvalue weighted by molar-refractivity contribution is 5.87. The summed E-state index contributed by atoms with van der Waals surface area (Å²) in [6.45, 7) is 14.3. The molecule has 3 aliphatic heterocycles. The third-order valence-corrected chi connectivity index (χ3v) is 21.1. The Balaban J connectivity index is 1.13. The monoisotopic (exact) mass is 1130 g/mol. The number of allylic oxidation sites excluding steroid dienone is 3. The topological polar surface area (TPSA) is 388 Å². The van der Waals surface area contributed by atoms with E-state index in [9.17, 15) is 80.8 Å². The van der Waals surface area contributed by atoms with E-state index in [1.54, 1.807) is 19.9 Å². The lowest BCUT2D eigenvalue weighted by Gasteiger charge is -2.72. The smallest absolute Gasteiger partial charge is 0.335 e. The predicted molar refractivity (Wildman–Crippen MR) is 269 cm³/mol. The standard InChI is InChI=1S/C55H86O24/c1-10-23(2)46(71)79-44-43(68)50(4,5)17-26-25-11-12-30-51(6)15-14-32(52(7,21-58)29(51)13-16-53(30,8)54(25,9)18-31(60)55(26,44)22-72-24(3)59)75-49-41(77-48-38(66)36(64)34(62)28(20-57)74-48)39(67)40(42(78-49)45(69)70)76-47-37(65)35(63)33(61)27(19-56)73-47/h10-11,26-44,47-49,56-58,60-68H,12-22H2,1-9H3,(H,69,70)/b23-10+/t26-,27+,28+,29+,30+,31+,32-,33+,34+,35-,36-,37+,38+,39-,40-,41+,42-,43-,44-,47-,48-,49+,51-,52+,53+,54+,55-/m0/s1. The number of rotatable bonds is 14. The van der Waals surface area contributed by atoms with E-state index in [1.165, 1.54) is 6.92 Å². The van der Waals surface area contributed by atoms with Gasteiger partial charge in [-0.3, -0.25) is 4.79 Å². The average molecular weight is 1130 g/mol. The van der Waals surface area contributed by atoms with Gasteiger partial charge in [-0.1, -0.05) is 59.3 Å². The van der Waals surface area contributed by atoms with Gasteiger partial charge in [0.2, 0.25) is 0 Å². The van der Waals surface area contributed by atoms with Crippen molar-refractivity contribution in [3.63, 3.8) is 0 Å². The fourth-order valence-corrected chi connectivity index (χ4v) is 16.1. The molecule has 0 aromatic rings. The maximum absolute atomic E-state index is 13.6. The van der Waals surface area contributed by atoms with Crippen LogP contribution in [-0.4, -0.2) is 227 Å². The summed E-state index contributed by atoms with van der Waals surface area (Å²) in [5, 5.41) is 144. The molecule has 8 aliphatic rings. The molecule has 8 rings (SSSR count). The molecule has 79 heavy (non-hydrogen) atoms. The van der Waals surface area contributed by atoms with Crippen molar-refractivity contribution < 1.29 is 119 Å². The van der Waals surface area contributed by atoms with Crippen LogP contribution in [0, 0.1) is 50.2 Å². The molecule has 0 aromatic carbocycles. The first-order chi connectivity index (χ1) is 36.9. The van der Waals surface area contributed by atoms with Gasteiger partial charge in [0.1, 0.15) is 79.9 Å². The molecule has 13 N–H and O–H groups in total. The molecule has 7 fully saturated rings. The highest BCUT2D eigenvalue weighted by atomic mass is 16.8. The quantitative estimate of drug-likeness (QED) is 0.0415. The second-order valence-electron chi connectivity index (χ2n) is 25.6. The Hall–Kier alpha value is -2.83. The van der Waals surface area contributed by atoms with E-state index in [1.807, 2.05) is 20.8 Å². The Labute approximate surface area is 459 Å². The van der Waals surface area contributed by atoms with Crippen LogP contribution in [0.3, 0.4) is 0 Å². The summed E-state index contributed by atoms with van der Waals surface area (Å²) in [6, 6.07) is 0. The number of hydrogen-bond acceptors (Lipinski definition) is 23. The summed E-state index contributed by atoms with van der Waals surface area (Å²) >= 11 is 0. The maximum atomic E-state index is 13.6. The van der Waals surface area contributed by atoms with Crippen LogP contribution >= 0.6 is 0 Å². The summed E-state index contributed by atoms with van der Waals surface area (Å²) in [7, 11) is 0. The average Bonchev–Trinajstić information content (AvgIpc) is 1.72. The van der Waals surface area contributed by atoms with Gasteiger partial charge in [-0.2, -0.15) is 0 Å². The number of carbonyl (C=O) groups excluding carboxylic acids is 2. The Morgan fingerprint density at radius 3 is 1.81 bits per heavy atom. The van der Waals surface area contributed by atoms with Crippen LogP contribution in [0.25, 0.3) is 0 Å². The second kappa shape index (κ2) is 22.6. The zero-order valence-electron chi connectivity index (χ0n) is 46.4. The number of aliphatic carboxylic acids is 1. The third kappa shape index (κ3) is 10.0. The number of carboxylic acid groups (broad SMARTS) is 1. The number of aliphatic hydroxyl groups is 12. The molecular formula is C55H86O24. The molecule has 27 atom stereocenters. The van der Waals surface area contributed by atoms with Crippen molar-refractivity contribution in [3.8, 4) is 0 Å². The Morgan fingerprint density at radius 1 is 0.696 bits per heavy atom. The summed E-state index contributed by atoms with van der Waals surface area (Å²) in [6.07, 6.45) is -26.8. The number of fused-ring (bicyclic) bond motifs is 7. The summed E-state index contributed by atoms with van der Waals surface area (Å²) in [5.74, 6) is -3.90. The van der Waals surface area contributed by atoms with Gasteiger partial charge in [0, 0.05) is 17.9 Å². The molecule has 0 amide bonds. The molecule has 3 heterocycles. The van der Waals surface area contributed by atoms with Crippen molar-refractivity contribution in [1.29, 1.82) is 0 Å². The van der Waals surface area contributed by atoms with Gasteiger partial charge in [0.25, 0.3) is 0 Å². The van der Waals surface area contributed by atoms with E-state index in [2.05, 4.69) is 26.8 Å². The van der Waals surface area contributed by atoms with E-state index in [0.29, 0.717) is 37.7 Å². The van der Waals surface area contributed by atoms with Crippen molar-refractivity contribution >= 4 is 17.9 Å². The number of carboxylic acids is 1. The molecule has 450 valence electrons. The van der Waals surface area contributed by atoms with Crippen molar-refractivity contribution in [2.45, 2.75) is 224 Å². The molecule has 24 heteroatoms. The van der Waals surface area contributed by atoms with Gasteiger partial charge in [0.15, 0.2) is 25.0 Å². The molecule has 4 saturated carbocycles. The highest BCUT2D eigenvalue weighted by Gasteiger charge is 2.74. The Bertz CT molecular complexity index is 2290. The molecule has 0 radical (unpaired) electrons. The third-order valence-electron chi connectivity index (χ3n) is 21.1. The molecular weight excluding hydrogens is 1040 g/mol. The molecule has 3 saturated heterocycles. The SMILES string of the molecule is C/C=C(\C)C(=O)O[C@H]1[C@H](O)C(C)(C)C[C@H]2C3=CC[C@@H]4[C@@]5(C)CC[C@H](O[C@@H]6O[C@H](C(=O)O)[C@@H](O[C@@H]7O[C@H](CO)[C@@H](O)[C@H](O)[C@H]7O)[C@H](O)[C@H]6O[C@@H]6O[C@H](CO)[C@@H](O)[C@H](O)[C@H]6O)[C@](C)(CO)[C@@H]5CC[C@@]4(C)[C@]3(C)C[C@@H](O)[C@]21COC(C)=O. The first-order valence-corrected chi connectivity index (χ1v) is 27.7. The molecule has 5 aliphatic carbocycles. The normalized spacial score (nSPS) is 50.6. The number of aliphatic hydroxyl groups excluding tert-OH is 12. The molecule has 24 nitrogen and oxygen atoms in total. The Morgan fingerprint density at radius 2 is 1.28 bits per heavy atom. The minimum absolute atomic E-state index is 0.0904. The van der Waals surface area contributed by atoms with Gasteiger partial charge in [-0.15, -0.1) is 0 Å². The number of esters is 2. The lowest BCUT2D eigenvalue weighted by atomic mass is 9.33. The number of carbonyl (C=O) groups is 3. The Kier molecular flexibility index (Phi) is 17.8. The van der Waals surface area contributed by atoms with Gasteiger partial charge in [0.05, 0.1) is 43.5 Å². The molecule has 0 unspecified atom stereocenters. The van der Waals surface area contributed by atoms with Gasteiger partial charge >= 0.3 is 17.9 Å². The zero-order chi connectivity index (χ0) is 58.4. The minimum atomic E-state index is -2.18. The fraction of sp³-hybridized carbons (Fsp3) is 0.873. The van der Waals surface area contributed by atoms with Gasteiger partial charge < -0.3 is 104 Å². The second-order valence-corrected chi connectivity index (χ2v) is 25.6. The lowest BCUT2D eigenvalue weighted by Crippen LogP contribution is -2.72. The van der Waals surface area contributed by atoms with Crippen LogP contribution in [0.15, 0.2) is 23.3 Å². The van der Waals surface area contributed by atoms with Crippen molar-refractivity contribution in [2.75, 3.05) is 26.4 Å². The van der Waals surface area contributed by atoms with Crippen LogP contribution in [0.4, 0.5) is 0 Å². The van der Waals surface area contributed by atoms with Crippen LogP contribution in [0.5, 0.6) is 0 Å². The van der Waals surface area contributed by atoms with E-state index in [4.69, 9.17) is 37.9 Å². The van der Waals surface area contributed by atoms with Crippen LogP contribution in [0.1, 0.15) is 107 Å². The molecule has 0 bridgehead atoms. The molecule has 0 aromatic heterocycles. The van der Waals surface area contributed by atoms with Gasteiger partial charge in [-0.25, -0.2) is 9.59 Å². The summed E-state index contributed by atoms with van der Waals surface area (Å²) in [5.41, 5.74) is -3.85. The van der Waals surface area contributed by atoms with Crippen molar-refractivity contribution in [2.24, 2.45) is 50.2 Å². The summed E-state index contributed by atoms with van der Waals surface area (Å²) in [4.78, 5) is 39.3. The minimum Gasteiger partial charge on any atom is -0.479 e. The van der Waals surface area contributed by atoms with Crippen molar-refractivity contribution in [3.05, 3.63) is 23.3 Å².